The number of halogens is 3. The number of nitrogens with one attached hydrogen (secondary N) is 1. The van der Waals surface area contributed by atoms with Crippen LogP contribution in [0.2, 0.25) is 0 Å². The van der Waals surface area contributed by atoms with Gasteiger partial charge < -0.3 is 19.7 Å². The summed E-state index contributed by atoms with van der Waals surface area (Å²) in [6.07, 6.45) is -5.38. The van der Waals surface area contributed by atoms with Gasteiger partial charge in [-0.25, -0.2) is 4.79 Å². The quantitative estimate of drug-likeness (QED) is 0.608. The smallest absolute Gasteiger partial charge is 0.416 e. The molecule has 2 aliphatic heterocycles. The van der Waals surface area contributed by atoms with Gasteiger partial charge in [-0.15, -0.1) is 0 Å². The van der Waals surface area contributed by atoms with E-state index in [9.17, 15) is 22.8 Å². The predicted octanol–water partition coefficient (Wildman–Crippen LogP) is 2.42. The first-order valence-electron chi connectivity index (χ1n) is 9.39. The van der Waals surface area contributed by atoms with Crippen molar-refractivity contribution in [1.29, 1.82) is 0 Å². The second kappa shape index (κ2) is 8.06. The highest BCUT2D eigenvalue weighted by molar-refractivity contribution is 6.17. The van der Waals surface area contributed by atoms with Gasteiger partial charge in [0.25, 0.3) is 5.91 Å². The fourth-order valence-electron chi connectivity index (χ4n) is 3.64. The van der Waals surface area contributed by atoms with E-state index in [-0.39, 0.29) is 36.5 Å². The van der Waals surface area contributed by atoms with Crippen LogP contribution in [0, 0.1) is 6.92 Å². The van der Waals surface area contributed by atoms with Crippen LogP contribution in [0.1, 0.15) is 24.5 Å². The third-order valence-electron chi connectivity index (χ3n) is 5.18. The molecule has 1 saturated heterocycles. The number of benzene rings is 1. The van der Waals surface area contributed by atoms with Crippen LogP contribution in [0.4, 0.5) is 13.2 Å². The molecule has 0 aliphatic carbocycles. The van der Waals surface area contributed by atoms with Crippen LogP contribution in [0.3, 0.4) is 0 Å². The molecule has 9 heteroatoms. The lowest BCUT2D eigenvalue weighted by Gasteiger charge is -2.44. The van der Waals surface area contributed by atoms with Crippen LogP contribution >= 0.6 is 0 Å². The lowest BCUT2D eigenvalue weighted by Crippen LogP contribution is -2.61. The third-order valence-corrected chi connectivity index (χ3v) is 5.18. The van der Waals surface area contributed by atoms with Crippen molar-refractivity contribution in [1.82, 2.24) is 10.2 Å². The molecule has 6 nitrogen and oxygen atoms in total. The first kappa shape index (κ1) is 21.2. The molecule has 0 bridgehead atoms. The number of esters is 1. The van der Waals surface area contributed by atoms with E-state index in [1.807, 2.05) is 0 Å². The largest absolute Gasteiger partial charge is 0.462 e. The van der Waals surface area contributed by atoms with Crippen molar-refractivity contribution in [2.45, 2.75) is 32.0 Å². The minimum atomic E-state index is -4.78. The molecule has 3 rings (SSSR count). The van der Waals surface area contributed by atoms with E-state index in [1.54, 1.807) is 30.9 Å². The second-order valence-electron chi connectivity index (χ2n) is 7.04. The van der Waals surface area contributed by atoms with Crippen LogP contribution in [0.15, 0.2) is 35.5 Å². The van der Waals surface area contributed by atoms with E-state index in [2.05, 4.69) is 5.32 Å². The van der Waals surface area contributed by atoms with Gasteiger partial charge in [-0.1, -0.05) is 29.8 Å². The molecular formula is C20H23F3N2O4. The summed E-state index contributed by atoms with van der Waals surface area (Å²) in [6.45, 7) is 4.51. The predicted molar refractivity (Wildman–Crippen MR) is 97.7 cm³/mol. The van der Waals surface area contributed by atoms with Gasteiger partial charge in [0.2, 0.25) is 0 Å². The molecule has 29 heavy (non-hydrogen) atoms. The van der Waals surface area contributed by atoms with Crippen LogP contribution < -0.4 is 5.32 Å². The molecule has 1 aromatic rings. The molecule has 1 N–H and O–H groups in total. The van der Waals surface area contributed by atoms with Crippen molar-refractivity contribution in [3.8, 4) is 0 Å². The average Bonchev–Trinajstić information content (AvgIpc) is 2.67. The summed E-state index contributed by atoms with van der Waals surface area (Å²) in [5.41, 5.74) is -2.27. The van der Waals surface area contributed by atoms with E-state index >= 15 is 0 Å². The Kier molecular flexibility index (Phi) is 5.88. The number of hydrogen-bond acceptors (Lipinski definition) is 5. The fourth-order valence-corrected chi connectivity index (χ4v) is 3.64. The molecule has 0 spiro atoms. The van der Waals surface area contributed by atoms with Crippen molar-refractivity contribution in [2.75, 3.05) is 32.9 Å². The maximum Gasteiger partial charge on any atom is 0.416 e. The molecule has 1 fully saturated rings. The van der Waals surface area contributed by atoms with Crippen LogP contribution in [0.25, 0.3) is 0 Å². The Bertz CT molecular complexity index is 814. The maximum atomic E-state index is 14.4. The van der Waals surface area contributed by atoms with E-state index in [1.165, 1.54) is 12.1 Å². The van der Waals surface area contributed by atoms with Gasteiger partial charge in [0.15, 0.2) is 5.54 Å². The maximum absolute atomic E-state index is 14.4. The fraction of sp³-hybridized carbons (Fsp3) is 0.500. The number of hydrogen-bond donors (Lipinski definition) is 1. The van der Waals surface area contributed by atoms with Crippen LogP contribution in [-0.4, -0.2) is 55.9 Å². The minimum Gasteiger partial charge on any atom is -0.462 e. The van der Waals surface area contributed by atoms with E-state index in [0.29, 0.717) is 13.2 Å². The topological polar surface area (TPSA) is 67.9 Å². The summed E-state index contributed by atoms with van der Waals surface area (Å²) >= 11 is 0. The van der Waals surface area contributed by atoms with Crippen molar-refractivity contribution >= 4 is 11.9 Å². The molecular weight excluding hydrogens is 389 g/mol. The Morgan fingerprint density at radius 2 is 1.86 bits per heavy atom. The number of amides is 1. The van der Waals surface area contributed by atoms with Crippen molar-refractivity contribution in [2.24, 2.45) is 0 Å². The summed E-state index contributed by atoms with van der Waals surface area (Å²) in [6, 6.07) is 5.84. The molecule has 1 aromatic carbocycles. The monoisotopic (exact) mass is 412 g/mol. The summed E-state index contributed by atoms with van der Waals surface area (Å²) in [4.78, 5) is 26.9. The lowest BCUT2D eigenvalue weighted by atomic mass is 9.79. The van der Waals surface area contributed by atoms with Gasteiger partial charge >= 0.3 is 12.1 Å². The zero-order valence-corrected chi connectivity index (χ0v) is 16.3. The Morgan fingerprint density at radius 3 is 2.41 bits per heavy atom. The number of rotatable bonds is 4. The van der Waals surface area contributed by atoms with Gasteiger partial charge in [-0.2, -0.15) is 13.2 Å². The Morgan fingerprint density at radius 1 is 1.24 bits per heavy atom. The first-order valence-corrected chi connectivity index (χ1v) is 9.39. The summed E-state index contributed by atoms with van der Waals surface area (Å²) in [7, 11) is 0. The molecule has 2 aliphatic rings. The van der Waals surface area contributed by atoms with Crippen molar-refractivity contribution in [3.05, 3.63) is 46.7 Å². The normalized spacial score (nSPS) is 23.1. The van der Waals surface area contributed by atoms with E-state index in [4.69, 9.17) is 9.47 Å². The number of ether oxygens (including phenoxy) is 2. The van der Waals surface area contributed by atoms with E-state index < -0.39 is 30.0 Å². The number of aryl methyl sites for hydroxylation is 1. The van der Waals surface area contributed by atoms with Crippen molar-refractivity contribution < 1.29 is 32.2 Å². The highest BCUT2D eigenvalue weighted by Crippen LogP contribution is 2.47. The highest BCUT2D eigenvalue weighted by Gasteiger charge is 2.60. The SMILES string of the molecule is CCOC(=O)C1=C(N2CCOCC2)C[C@@](c2ccc(C)cc2)(C(F)(F)F)NC1=O. The molecule has 1 amide bonds. The minimum absolute atomic E-state index is 0.00831. The Balaban J connectivity index is 2.15. The molecule has 1 atom stereocenters. The number of carbonyl (C=O) groups excluding carboxylic acids is 2. The molecule has 158 valence electrons. The lowest BCUT2D eigenvalue weighted by molar-refractivity contribution is -0.205. The number of alkyl halides is 3. The van der Waals surface area contributed by atoms with Gasteiger partial charge in [-0.05, 0) is 19.4 Å². The molecule has 0 radical (unpaired) electrons. The average molecular weight is 412 g/mol. The number of carbonyl (C=O) groups is 2. The van der Waals surface area contributed by atoms with Crippen LogP contribution in [-0.2, 0) is 24.6 Å². The van der Waals surface area contributed by atoms with Gasteiger partial charge in [-0.3, -0.25) is 4.79 Å². The van der Waals surface area contributed by atoms with Gasteiger partial charge in [0, 0.05) is 25.2 Å². The van der Waals surface area contributed by atoms with E-state index in [0.717, 1.165) is 5.56 Å². The molecule has 0 unspecified atom stereocenters. The third kappa shape index (κ3) is 3.96. The standard InChI is InChI=1S/C20H23F3N2O4/c1-3-29-18(27)16-15(25-8-10-28-11-9-25)12-19(20(21,22)23,24-17(16)26)14-6-4-13(2)5-7-14/h4-7H,3,8-12H2,1-2H3,(H,24,26)/t19-/m1/s1. The number of morpholine rings is 1. The zero-order chi connectivity index (χ0) is 21.2. The Labute approximate surface area is 166 Å². The second-order valence-corrected chi connectivity index (χ2v) is 7.04. The summed E-state index contributed by atoms with van der Waals surface area (Å²) in [5, 5.41) is 2.08. The van der Waals surface area contributed by atoms with Gasteiger partial charge in [0.1, 0.15) is 5.57 Å². The van der Waals surface area contributed by atoms with Crippen LogP contribution in [0.5, 0.6) is 0 Å². The Hall–Kier alpha value is -2.55. The summed E-state index contributed by atoms with van der Waals surface area (Å²) < 4.78 is 53.4. The molecule has 2 heterocycles. The highest BCUT2D eigenvalue weighted by atomic mass is 19.4. The van der Waals surface area contributed by atoms with Crippen molar-refractivity contribution in [3.63, 3.8) is 0 Å². The first-order chi connectivity index (χ1) is 13.7. The molecule has 0 saturated carbocycles. The van der Waals surface area contributed by atoms with Gasteiger partial charge in [0.05, 0.1) is 19.8 Å². The summed E-state index contributed by atoms with van der Waals surface area (Å²) in [5.74, 6) is -2.01. The zero-order valence-electron chi connectivity index (χ0n) is 16.3. The number of nitrogens with zero attached hydrogens (tertiary/aromatic N) is 1. The molecule has 0 aromatic heterocycles.